The van der Waals surface area contributed by atoms with E-state index in [0.29, 0.717) is 0 Å². The highest BCUT2D eigenvalue weighted by atomic mass is 19.4. The molecule has 0 aliphatic rings. The molecular weight excluding hydrogens is 219 g/mol. The molecule has 2 nitrogen and oxygen atoms in total. The monoisotopic (exact) mass is 231 g/mol. The van der Waals surface area contributed by atoms with Crippen LogP contribution in [0.5, 0.6) is 5.75 Å². The molecule has 0 radical (unpaired) electrons. The van der Waals surface area contributed by atoms with Gasteiger partial charge in [-0.05, 0) is 6.07 Å². The van der Waals surface area contributed by atoms with Crippen molar-refractivity contribution in [2.75, 3.05) is 6.61 Å². The van der Waals surface area contributed by atoms with Crippen LogP contribution in [0.4, 0.5) is 13.2 Å². The molecule has 1 aromatic rings. The van der Waals surface area contributed by atoms with Crippen molar-refractivity contribution in [3.8, 4) is 5.75 Å². The fraction of sp³-hybridized carbons (Fsp3) is 0.273. The van der Waals surface area contributed by atoms with Crippen LogP contribution in [-0.2, 0) is 0 Å². The number of rotatable bonds is 4. The van der Waals surface area contributed by atoms with Crippen molar-refractivity contribution in [1.82, 2.24) is 0 Å². The van der Waals surface area contributed by atoms with Gasteiger partial charge in [0.15, 0.2) is 0 Å². The summed E-state index contributed by atoms with van der Waals surface area (Å²) < 4.78 is 42.4. The molecule has 0 aliphatic heterocycles. The topological polar surface area (TPSA) is 35.2 Å². The molecule has 16 heavy (non-hydrogen) atoms. The van der Waals surface area contributed by atoms with Crippen LogP contribution in [0.1, 0.15) is 11.6 Å². The second-order valence-corrected chi connectivity index (χ2v) is 3.16. The Morgan fingerprint density at radius 1 is 1.38 bits per heavy atom. The third-order valence-electron chi connectivity index (χ3n) is 1.96. The first kappa shape index (κ1) is 12.6. The van der Waals surface area contributed by atoms with Crippen LogP contribution in [0, 0.1) is 0 Å². The van der Waals surface area contributed by atoms with E-state index in [1.54, 1.807) is 6.07 Å². The number of halogens is 3. The molecule has 0 fully saturated rings. The lowest BCUT2D eigenvalue weighted by atomic mass is 10.1. The van der Waals surface area contributed by atoms with Crippen LogP contribution in [0.3, 0.4) is 0 Å². The van der Waals surface area contributed by atoms with E-state index in [1.807, 2.05) is 0 Å². The van der Waals surface area contributed by atoms with Crippen molar-refractivity contribution in [3.05, 3.63) is 42.5 Å². The molecule has 1 aromatic carbocycles. The summed E-state index contributed by atoms with van der Waals surface area (Å²) >= 11 is 0. The highest BCUT2D eigenvalue weighted by molar-refractivity contribution is 5.36. The lowest BCUT2D eigenvalue weighted by Crippen LogP contribution is -2.28. The van der Waals surface area contributed by atoms with E-state index in [1.165, 1.54) is 24.3 Å². The summed E-state index contributed by atoms with van der Waals surface area (Å²) in [6, 6.07) is 3.79. The zero-order chi connectivity index (χ0) is 12.2. The second kappa shape index (κ2) is 5.03. The lowest BCUT2D eigenvalue weighted by molar-refractivity contribution is -0.149. The van der Waals surface area contributed by atoms with Crippen molar-refractivity contribution in [2.24, 2.45) is 5.73 Å². The molecule has 0 bridgehead atoms. The quantitative estimate of drug-likeness (QED) is 0.809. The third-order valence-corrected chi connectivity index (χ3v) is 1.96. The largest absolute Gasteiger partial charge is 0.489 e. The lowest BCUT2D eigenvalue weighted by Gasteiger charge is -2.18. The average molecular weight is 231 g/mol. The number of ether oxygens (including phenoxy) is 1. The zero-order valence-electron chi connectivity index (χ0n) is 8.50. The van der Waals surface area contributed by atoms with Gasteiger partial charge in [-0.1, -0.05) is 30.9 Å². The van der Waals surface area contributed by atoms with Gasteiger partial charge in [0.2, 0.25) is 0 Å². The van der Waals surface area contributed by atoms with Gasteiger partial charge in [-0.25, -0.2) is 0 Å². The average Bonchev–Trinajstić information content (AvgIpc) is 2.24. The standard InChI is InChI=1S/C11H12F3NO/c1-2-7-16-9-6-4-3-5-8(9)10(15)11(12,13)14/h2-6,10H,1,7,15H2/t10-/m1/s1. The maximum absolute atomic E-state index is 12.4. The molecule has 0 aliphatic carbocycles. The Bertz CT molecular complexity index is 362. The maximum Gasteiger partial charge on any atom is 0.407 e. The highest BCUT2D eigenvalue weighted by Gasteiger charge is 2.39. The minimum atomic E-state index is -4.48. The molecule has 1 atom stereocenters. The molecule has 0 saturated carbocycles. The normalized spacial score (nSPS) is 13.2. The first-order chi connectivity index (χ1) is 7.46. The summed E-state index contributed by atoms with van der Waals surface area (Å²) in [5.41, 5.74) is 5.04. The van der Waals surface area contributed by atoms with Gasteiger partial charge in [0, 0.05) is 5.56 Å². The molecule has 88 valence electrons. The molecule has 5 heteroatoms. The summed E-state index contributed by atoms with van der Waals surface area (Å²) in [5, 5.41) is 0. The van der Waals surface area contributed by atoms with Crippen LogP contribution >= 0.6 is 0 Å². The van der Waals surface area contributed by atoms with E-state index in [0.717, 1.165) is 0 Å². The molecule has 0 aromatic heterocycles. The van der Waals surface area contributed by atoms with Gasteiger partial charge in [-0.2, -0.15) is 13.2 Å². The maximum atomic E-state index is 12.4. The molecular formula is C11H12F3NO. The summed E-state index contributed by atoms with van der Waals surface area (Å²) in [7, 11) is 0. The van der Waals surface area contributed by atoms with Crippen LogP contribution in [-0.4, -0.2) is 12.8 Å². The molecule has 0 amide bonds. The number of para-hydroxylation sites is 1. The predicted molar refractivity (Wildman–Crippen MR) is 55.1 cm³/mol. The molecule has 0 spiro atoms. The molecule has 0 saturated heterocycles. The van der Waals surface area contributed by atoms with E-state index in [-0.39, 0.29) is 17.9 Å². The first-order valence-electron chi connectivity index (χ1n) is 4.61. The molecule has 1 rings (SSSR count). The van der Waals surface area contributed by atoms with Crippen LogP contribution in [0.25, 0.3) is 0 Å². The van der Waals surface area contributed by atoms with E-state index < -0.39 is 12.2 Å². The summed E-state index contributed by atoms with van der Waals surface area (Å²) in [5.74, 6) is 0.132. The van der Waals surface area contributed by atoms with E-state index >= 15 is 0 Å². The van der Waals surface area contributed by atoms with Gasteiger partial charge in [-0.15, -0.1) is 0 Å². The molecule has 0 heterocycles. The van der Waals surface area contributed by atoms with Gasteiger partial charge in [0.1, 0.15) is 18.4 Å². The van der Waals surface area contributed by atoms with Gasteiger partial charge in [0.05, 0.1) is 0 Å². The van der Waals surface area contributed by atoms with Gasteiger partial charge >= 0.3 is 6.18 Å². The summed E-state index contributed by atoms with van der Waals surface area (Å²) in [6.07, 6.45) is -3.02. The van der Waals surface area contributed by atoms with Crippen LogP contribution < -0.4 is 10.5 Å². The van der Waals surface area contributed by atoms with Gasteiger partial charge in [0.25, 0.3) is 0 Å². The van der Waals surface area contributed by atoms with E-state index in [4.69, 9.17) is 10.5 Å². The Kier molecular flexibility index (Phi) is 3.95. The Morgan fingerprint density at radius 3 is 2.56 bits per heavy atom. The van der Waals surface area contributed by atoms with Gasteiger partial charge in [-0.3, -0.25) is 0 Å². The first-order valence-corrected chi connectivity index (χ1v) is 4.61. The number of hydrogen-bond donors (Lipinski definition) is 1. The number of hydrogen-bond acceptors (Lipinski definition) is 2. The Morgan fingerprint density at radius 2 is 2.00 bits per heavy atom. The zero-order valence-corrected chi connectivity index (χ0v) is 8.50. The van der Waals surface area contributed by atoms with Crippen molar-refractivity contribution in [2.45, 2.75) is 12.2 Å². The Labute approximate surface area is 91.5 Å². The van der Waals surface area contributed by atoms with Crippen LogP contribution in [0.2, 0.25) is 0 Å². The SMILES string of the molecule is C=CCOc1ccccc1[C@@H](N)C(F)(F)F. The highest BCUT2D eigenvalue weighted by Crippen LogP contribution is 2.35. The summed E-state index contributed by atoms with van der Waals surface area (Å²) in [6.45, 7) is 3.56. The van der Waals surface area contributed by atoms with Gasteiger partial charge < -0.3 is 10.5 Å². The minimum Gasteiger partial charge on any atom is -0.489 e. The second-order valence-electron chi connectivity index (χ2n) is 3.16. The number of benzene rings is 1. The Balaban J connectivity index is 2.98. The van der Waals surface area contributed by atoms with E-state index in [9.17, 15) is 13.2 Å². The smallest absolute Gasteiger partial charge is 0.407 e. The number of alkyl halides is 3. The van der Waals surface area contributed by atoms with Crippen molar-refractivity contribution >= 4 is 0 Å². The molecule has 0 unspecified atom stereocenters. The van der Waals surface area contributed by atoms with E-state index in [2.05, 4.69) is 6.58 Å². The van der Waals surface area contributed by atoms with Crippen molar-refractivity contribution in [1.29, 1.82) is 0 Å². The van der Waals surface area contributed by atoms with Crippen molar-refractivity contribution in [3.63, 3.8) is 0 Å². The molecule has 2 N–H and O–H groups in total. The third kappa shape index (κ3) is 3.00. The fourth-order valence-electron chi connectivity index (χ4n) is 1.19. The minimum absolute atomic E-state index is 0.0724. The van der Waals surface area contributed by atoms with Crippen LogP contribution in [0.15, 0.2) is 36.9 Å². The van der Waals surface area contributed by atoms with Crippen molar-refractivity contribution < 1.29 is 17.9 Å². The number of nitrogens with two attached hydrogens (primary N) is 1. The summed E-state index contributed by atoms with van der Waals surface area (Å²) in [4.78, 5) is 0. The fourth-order valence-corrected chi connectivity index (χ4v) is 1.19. The predicted octanol–water partition coefficient (Wildman–Crippen LogP) is 2.81. The Hall–Kier alpha value is -1.49.